The Kier molecular flexibility index (Phi) is 4.77. The molecule has 0 amide bonds. The first-order chi connectivity index (χ1) is 9.95. The summed E-state index contributed by atoms with van der Waals surface area (Å²) in [6.45, 7) is 11.4. The summed E-state index contributed by atoms with van der Waals surface area (Å²) in [5.41, 5.74) is 0.847. The summed E-state index contributed by atoms with van der Waals surface area (Å²) in [6.07, 6.45) is 3.43. The van der Waals surface area contributed by atoms with Gasteiger partial charge < -0.3 is 10.6 Å². The number of aromatic nitrogens is 3. The fourth-order valence-electron chi connectivity index (χ4n) is 2.23. The summed E-state index contributed by atoms with van der Waals surface area (Å²) in [5.74, 6) is 2.10. The van der Waals surface area contributed by atoms with E-state index in [0.29, 0.717) is 5.92 Å². The quantitative estimate of drug-likeness (QED) is 0.849. The highest BCUT2D eigenvalue weighted by Gasteiger charge is 2.26. The Morgan fingerprint density at radius 1 is 1.19 bits per heavy atom. The average molecular weight is 305 g/mol. The second-order valence-electron chi connectivity index (χ2n) is 5.76. The van der Waals surface area contributed by atoms with Crippen LogP contribution in [0.4, 0.5) is 11.6 Å². The molecule has 0 unspecified atom stereocenters. The summed E-state index contributed by atoms with van der Waals surface area (Å²) in [4.78, 5) is 13.2. The van der Waals surface area contributed by atoms with E-state index in [0.717, 1.165) is 28.8 Å². The van der Waals surface area contributed by atoms with E-state index in [4.69, 9.17) is 0 Å². The van der Waals surface area contributed by atoms with Crippen LogP contribution in [0.1, 0.15) is 51.1 Å². The number of anilines is 2. The van der Waals surface area contributed by atoms with Crippen LogP contribution < -0.4 is 10.6 Å². The Morgan fingerprint density at radius 2 is 1.90 bits per heavy atom. The predicted molar refractivity (Wildman–Crippen MR) is 89.0 cm³/mol. The van der Waals surface area contributed by atoms with Gasteiger partial charge in [-0.15, -0.1) is 11.3 Å². The topological polar surface area (TPSA) is 62.7 Å². The fraction of sp³-hybridized carbons (Fsp3) is 0.533. The first kappa shape index (κ1) is 15.7. The molecule has 0 saturated carbocycles. The van der Waals surface area contributed by atoms with Gasteiger partial charge in [0, 0.05) is 23.7 Å². The third-order valence-electron chi connectivity index (χ3n) is 3.20. The molecule has 2 N–H and O–H groups in total. The van der Waals surface area contributed by atoms with Crippen molar-refractivity contribution in [1.82, 2.24) is 15.0 Å². The molecule has 2 rings (SSSR count). The lowest BCUT2D eigenvalue weighted by Crippen LogP contribution is -2.29. The summed E-state index contributed by atoms with van der Waals surface area (Å²) in [7, 11) is 0. The lowest BCUT2D eigenvalue weighted by Gasteiger charge is -2.27. The van der Waals surface area contributed by atoms with Crippen LogP contribution in [-0.4, -0.2) is 21.5 Å². The molecule has 2 aromatic rings. The van der Waals surface area contributed by atoms with Crippen molar-refractivity contribution < 1.29 is 0 Å². The van der Waals surface area contributed by atoms with E-state index in [2.05, 4.69) is 60.2 Å². The molecule has 0 saturated heterocycles. The lowest BCUT2D eigenvalue weighted by molar-refractivity contribution is 0.598. The van der Waals surface area contributed by atoms with Gasteiger partial charge in [-0.25, -0.2) is 15.0 Å². The second kappa shape index (κ2) is 6.39. The van der Waals surface area contributed by atoms with Crippen molar-refractivity contribution >= 4 is 23.0 Å². The average Bonchev–Trinajstić information content (AvgIpc) is 2.93. The van der Waals surface area contributed by atoms with E-state index >= 15 is 0 Å². The van der Waals surface area contributed by atoms with Crippen LogP contribution in [0.15, 0.2) is 17.9 Å². The van der Waals surface area contributed by atoms with Crippen LogP contribution in [-0.2, 0) is 5.54 Å². The number of hydrogen-bond donors (Lipinski definition) is 2. The molecule has 0 aliphatic carbocycles. The smallest absolute Gasteiger partial charge is 0.135 e. The summed E-state index contributed by atoms with van der Waals surface area (Å²) >= 11 is 1.65. The summed E-state index contributed by atoms with van der Waals surface area (Å²) in [5, 5.41) is 9.88. The van der Waals surface area contributed by atoms with Crippen molar-refractivity contribution in [2.24, 2.45) is 0 Å². The van der Waals surface area contributed by atoms with Gasteiger partial charge in [0.05, 0.1) is 5.54 Å². The number of thiazole rings is 1. The van der Waals surface area contributed by atoms with Gasteiger partial charge in [0.25, 0.3) is 0 Å². The fourth-order valence-corrected chi connectivity index (χ4v) is 2.95. The third-order valence-corrected chi connectivity index (χ3v) is 4.30. The SMILES string of the molecule is CCNc1ncnc(NC(C)(C)c2nccs2)c1C(C)C. The van der Waals surface area contributed by atoms with Crippen LogP contribution >= 0.6 is 11.3 Å². The van der Waals surface area contributed by atoms with E-state index in [1.54, 1.807) is 17.7 Å². The largest absolute Gasteiger partial charge is 0.370 e. The molecule has 6 heteroatoms. The molecule has 0 bridgehead atoms. The van der Waals surface area contributed by atoms with Crippen LogP contribution in [0.25, 0.3) is 0 Å². The molecule has 5 nitrogen and oxygen atoms in total. The van der Waals surface area contributed by atoms with E-state index in [9.17, 15) is 0 Å². The zero-order chi connectivity index (χ0) is 15.5. The molecule has 0 aliphatic heterocycles. The minimum atomic E-state index is -0.268. The van der Waals surface area contributed by atoms with Gasteiger partial charge in [0.15, 0.2) is 0 Å². The number of hydrogen-bond acceptors (Lipinski definition) is 6. The summed E-state index contributed by atoms with van der Waals surface area (Å²) in [6, 6.07) is 0. The van der Waals surface area contributed by atoms with Crippen molar-refractivity contribution in [2.45, 2.75) is 46.1 Å². The molecule has 0 radical (unpaired) electrons. The van der Waals surface area contributed by atoms with Gasteiger partial charge in [0.2, 0.25) is 0 Å². The second-order valence-corrected chi connectivity index (χ2v) is 6.65. The van der Waals surface area contributed by atoms with E-state index in [1.807, 2.05) is 11.6 Å². The van der Waals surface area contributed by atoms with Gasteiger partial charge >= 0.3 is 0 Å². The standard InChI is InChI=1S/C15H23N5S/c1-6-16-12-11(10(2)3)13(19-9-18-12)20-15(4,5)14-17-7-8-21-14/h7-10H,6H2,1-5H3,(H2,16,18,19,20). The van der Waals surface area contributed by atoms with Crippen LogP contribution in [0.2, 0.25) is 0 Å². The van der Waals surface area contributed by atoms with Crippen molar-refractivity contribution in [3.63, 3.8) is 0 Å². The molecule has 0 aromatic carbocycles. The molecular formula is C15H23N5S. The first-order valence-corrected chi connectivity index (χ1v) is 8.10. The Bertz CT molecular complexity index is 578. The van der Waals surface area contributed by atoms with Gasteiger partial charge in [-0.1, -0.05) is 13.8 Å². The lowest BCUT2D eigenvalue weighted by atomic mass is 10.0. The third kappa shape index (κ3) is 3.50. The normalized spacial score (nSPS) is 11.7. The molecule has 21 heavy (non-hydrogen) atoms. The van der Waals surface area contributed by atoms with Crippen molar-refractivity contribution in [3.05, 3.63) is 28.5 Å². The van der Waals surface area contributed by atoms with Crippen molar-refractivity contribution in [3.8, 4) is 0 Å². The first-order valence-electron chi connectivity index (χ1n) is 7.22. The molecule has 0 fully saturated rings. The van der Waals surface area contributed by atoms with Crippen molar-refractivity contribution in [2.75, 3.05) is 17.2 Å². The highest BCUT2D eigenvalue weighted by atomic mass is 32.1. The molecule has 0 aliphatic rings. The van der Waals surface area contributed by atoms with E-state index in [-0.39, 0.29) is 5.54 Å². The number of rotatable bonds is 6. The monoisotopic (exact) mass is 305 g/mol. The Labute approximate surface area is 130 Å². The maximum Gasteiger partial charge on any atom is 0.135 e. The number of nitrogens with one attached hydrogen (secondary N) is 2. The molecule has 0 spiro atoms. The Hall–Kier alpha value is -1.69. The maximum absolute atomic E-state index is 4.45. The Balaban J connectivity index is 2.37. The zero-order valence-corrected chi connectivity index (χ0v) is 14.1. The van der Waals surface area contributed by atoms with Gasteiger partial charge in [-0.2, -0.15) is 0 Å². The zero-order valence-electron chi connectivity index (χ0n) is 13.3. The summed E-state index contributed by atoms with van der Waals surface area (Å²) < 4.78 is 0. The Morgan fingerprint density at radius 3 is 2.48 bits per heavy atom. The molecule has 114 valence electrons. The molecule has 2 heterocycles. The highest BCUT2D eigenvalue weighted by molar-refractivity contribution is 7.09. The predicted octanol–water partition coefficient (Wildman–Crippen LogP) is 3.84. The molecular weight excluding hydrogens is 282 g/mol. The minimum Gasteiger partial charge on any atom is -0.370 e. The minimum absolute atomic E-state index is 0.268. The maximum atomic E-state index is 4.45. The van der Waals surface area contributed by atoms with E-state index < -0.39 is 0 Å². The number of nitrogens with zero attached hydrogens (tertiary/aromatic N) is 3. The van der Waals surface area contributed by atoms with Crippen LogP contribution in [0.5, 0.6) is 0 Å². The van der Waals surface area contributed by atoms with E-state index in [1.165, 1.54) is 0 Å². The van der Waals surface area contributed by atoms with Gasteiger partial charge in [-0.3, -0.25) is 0 Å². The van der Waals surface area contributed by atoms with Gasteiger partial charge in [-0.05, 0) is 26.7 Å². The van der Waals surface area contributed by atoms with Crippen LogP contribution in [0, 0.1) is 0 Å². The molecule has 2 aromatic heterocycles. The molecule has 0 atom stereocenters. The van der Waals surface area contributed by atoms with Gasteiger partial charge in [0.1, 0.15) is 23.0 Å². The highest BCUT2D eigenvalue weighted by Crippen LogP contribution is 2.33. The van der Waals surface area contributed by atoms with Crippen LogP contribution in [0.3, 0.4) is 0 Å². The van der Waals surface area contributed by atoms with Crippen molar-refractivity contribution in [1.29, 1.82) is 0 Å².